The average molecular weight is 324 g/mol. The first-order valence-corrected chi connectivity index (χ1v) is 7.30. The van der Waals surface area contributed by atoms with Crippen LogP contribution in [0.3, 0.4) is 0 Å². The first-order chi connectivity index (χ1) is 11.4. The van der Waals surface area contributed by atoms with Crippen molar-refractivity contribution in [2.45, 2.75) is 13.8 Å². The summed E-state index contributed by atoms with van der Waals surface area (Å²) in [5.74, 6) is -1.62. The number of phenols is 1. The zero-order valence-corrected chi connectivity index (χ0v) is 13.5. The Morgan fingerprint density at radius 3 is 2.46 bits per heavy atom. The molecule has 3 rings (SSSR count). The van der Waals surface area contributed by atoms with Gasteiger partial charge in [-0.15, -0.1) is 10.2 Å². The molecule has 0 radical (unpaired) electrons. The molecule has 0 amide bonds. The molecule has 0 spiro atoms. The molecule has 0 saturated heterocycles. The molecule has 0 unspecified atom stereocenters. The van der Waals surface area contributed by atoms with Crippen LogP contribution in [-0.2, 0) is 7.05 Å². The van der Waals surface area contributed by atoms with Gasteiger partial charge in [0.15, 0.2) is 5.75 Å². The smallest absolute Gasteiger partial charge is 0.339 e. The Morgan fingerprint density at radius 2 is 1.83 bits per heavy atom. The average Bonchev–Trinajstić information content (AvgIpc) is 2.79. The van der Waals surface area contributed by atoms with E-state index in [-0.39, 0.29) is 11.3 Å². The van der Waals surface area contributed by atoms with E-state index < -0.39 is 11.7 Å². The summed E-state index contributed by atoms with van der Waals surface area (Å²) in [5.41, 5.74) is 2.06. The Labute approximate surface area is 137 Å². The van der Waals surface area contributed by atoms with Gasteiger partial charge in [0.1, 0.15) is 16.9 Å². The molecule has 0 bridgehead atoms. The van der Waals surface area contributed by atoms with Crippen LogP contribution in [0.25, 0.3) is 10.8 Å². The number of aryl methyl sites for hydroxylation is 2. The number of carboxylic acids is 1. The molecular formula is C17H16N4O3. The number of nitrogens with zero attached hydrogens (tertiary/aromatic N) is 4. The SMILES string of the molecule is Cc1nn(C)c(C)c1N=Nc1c(O)c(C(=O)O)cc2ccccc12. The van der Waals surface area contributed by atoms with E-state index in [1.165, 1.54) is 6.07 Å². The molecule has 0 aliphatic rings. The molecule has 3 aromatic rings. The van der Waals surface area contributed by atoms with Crippen LogP contribution >= 0.6 is 0 Å². The number of aromatic hydroxyl groups is 1. The highest BCUT2D eigenvalue weighted by Crippen LogP contribution is 2.39. The Hall–Kier alpha value is -3.22. The topological polar surface area (TPSA) is 100 Å². The molecule has 24 heavy (non-hydrogen) atoms. The minimum absolute atomic E-state index is 0.133. The van der Waals surface area contributed by atoms with Gasteiger partial charge in [0, 0.05) is 12.4 Å². The quantitative estimate of drug-likeness (QED) is 0.711. The monoisotopic (exact) mass is 324 g/mol. The Bertz CT molecular complexity index is 989. The van der Waals surface area contributed by atoms with Crippen LogP contribution in [0.4, 0.5) is 11.4 Å². The van der Waals surface area contributed by atoms with Gasteiger partial charge in [0.05, 0.1) is 11.4 Å². The summed E-state index contributed by atoms with van der Waals surface area (Å²) >= 11 is 0. The molecular weight excluding hydrogens is 308 g/mol. The second-order valence-electron chi connectivity index (χ2n) is 5.49. The van der Waals surface area contributed by atoms with Crippen LogP contribution in [-0.4, -0.2) is 26.0 Å². The summed E-state index contributed by atoms with van der Waals surface area (Å²) in [7, 11) is 1.80. The first kappa shape index (κ1) is 15.7. The van der Waals surface area contributed by atoms with Gasteiger partial charge in [-0.2, -0.15) is 5.10 Å². The maximum absolute atomic E-state index is 11.4. The molecule has 7 heteroatoms. The zero-order chi connectivity index (χ0) is 17.4. The van der Waals surface area contributed by atoms with Gasteiger partial charge in [-0.1, -0.05) is 24.3 Å². The number of carbonyl (C=O) groups is 1. The van der Waals surface area contributed by atoms with Crippen LogP contribution in [0.5, 0.6) is 5.75 Å². The number of hydrogen-bond acceptors (Lipinski definition) is 5. The molecule has 0 aliphatic carbocycles. The molecule has 2 aromatic carbocycles. The van der Waals surface area contributed by atoms with Gasteiger partial charge in [-0.05, 0) is 25.3 Å². The van der Waals surface area contributed by atoms with Crippen molar-refractivity contribution in [1.29, 1.82) is 0 Å². The molecule has 0 aliphatic heterocycles. The van der Waals surface area contributed by atoms with Crippen molar-refractivity contribution >= 4 is 28.1 Å². The van der Waals surface area contributed by atoms with Crippen molar-refractivity contribution in [2.24, 2.45) is 17.3 Å². The maximum atomic E-state index is 11.4. The summed E-state index contributed by atoms with van der Waals surface area (Å²) in [5, 5.41) is 33.5. The molecule has 7 nitrogen and oxygen atoms in total. The van der Waals surface area contributed by atoms with Gasteiger partial charge < -0.3 is 10.2 Å². The first-order valence-electron chi connectivity index (χ1n) is 7.30. The third kappa shape index (κ3) is 2.50. The zero-order valence-electron chi connectivity index (χ0n) is 13.5. The van der Waals surface area contributed by atoms with E-state index in [1.54, 1.807) is 36.0 Å². The highest BCUT2D eigenvalue weighted by atomic mass is 16.4. The highest BCUT2D eigenvalue weighted by molar-refractivity contribution is 6.04. The fraction of sp³-hybridized carbons (Fsp3) is 0.176. The molecule has 1 heterocycles. The summed E-state index contributed by atoms with van der Waals surface area (Å²) in [4.78, 5) is 11.4. The van der Waals surface area contributed by atoms with Crippen LogP contribution < -0.4 is 0 Å². The minimum Gasteiger partial charge on any atom is -0.505 e. The van der Waals surface area contributed by atoms with Crippen LogP contribution in [0, 0.1) is 13.8 Å². The number of aromatic carboxylic acids is 1. The molecule has 0 saturated carbocycles. The van der Waals surface area contributed by atoms with Crippen LogP contribution in [0.15, 0.2) is 40.6 Å². The fourth-order valence-corrected chi connectivity index (χ4v) is 2.59. The summed E-state index contributed by atoms with van der Waals surface area (Å²) in [6.45, 7) is 3.67. The number of hydrogen-bond donors (Lipinski definition) is 2. The van der Waals surface area contributed by atoms with E-state index in [0.717, 1.165) is 5.69 Å². The Morgan fingerprint density at radius 1 is 1.17 bits per heavy atom. The third-order valence-electron chi connectivity index (χ3n) is 3.95. The summed E-state index contributed by atoms with van der Waals surface area (Å²) in [6.07, 6.45) is 0. The number of rotatable bonds is 3. The third-order valence-corrected chi connectivity index (χ3v) is 3.95. The van der Waals surface area contributed by atoms with E-state index in [4.69, 9.17) is 0 Å². The largest absolute Gasteiger partial charge is 0.505 e. The van der Waals surface area contributed by atoms with E-state index in [9.17, 15) is 15.0 Å². The second kappa shape index (κ2) is 5.77. The van der Waals surface area contributed by atoms with Gasteiger partial charge >= 0.3 is 5.97 Å². The predicted octanol–water partition coefficient (Wildman–Crippen LogP) is 4.01. The summed E-state index contributed by atoms with van der Waals surface area (Å²) < 4.78 is 1.69. The van der Waals surface area contributed by atoms with E-state index in [0.29, 0.717) is 22.2 Å². The second-order valence-corrected chi connectivity index (χ2v) is 5.49. The van der Waals surface area contributed by atoms with Crippen molar-refractivity contribution in [2.75, 3.05) is 0 Å². The van der Waals surface area contributed by atoms with Crippen molar-refractivity contribution in [3.8, 4) is 5.75 Å². The number of benzene rings is 2. The number of fused-ring (bicyclic) bond motifs is 1. The lowest BCUT2D eigenvalue weighted by Gasteiger charge is -2.07. The normalized spacial score (nSPS) is 11.5. The van der Waals surface area contributed by atoms with E-state index in [2.05, 4.69) is 15.3 Å². The lowest BCUT2D eigenvalue weighted by Crippen LogP contribution is -1.97. The van der Waals surface area contributed by atoms with E-state index in [1.807, 2.05) is 13.8 Å². The molecule has 1 aromatic heterocycles. The molecule has 2 N–H and O–H groups in total. The molecule has 0 fully saturated rings. The Balaban J connectivity index is 2.23. The van der Waals surface area contributed by atoms with Crippen molar-refractivity contribution in [3.05, 3.63) is 47.3 Å². The van der Waals surface area contributed by atoms with Gasteiger partial charge in [-0.25, -0.2) is 4.79 Å². The summed E-state index contributed by atoms with van der Waals surface area (Å²) in [6, 6.07) is 8.54. The van der Waals surface area contributed by atoms with E-state index >= 15 is 0 Å². The molecule has 122 valence electrons. The highest BCUT2D eigenvalue weighted by Gasteiger charge is 2.18. The van der Waals surface area contributed by atoms with Crippen LogP contribution in [0.1, 0.15) is 21.7 Å². The van der Waals surface area contributed by atoms with Crippen molar-refractivity contribution in [1.82, 2.24) is 9.78 Å². The van der Waals surface area contributed by atoms with Crippen LogP contribution in [0.2, 0.25) is 0 Å². The fourth-order valence-electron chi connectivity index (χ4n) is 2.59. The predicted molar refractivity (Wildman–Crippen MR) is 89.4 cm³/mol. The maximum Gasteiger partial charge on any atom is 0.339 e. The standard InChI is InChI=1S/C17H16N4O3/c1-9-14(10(2)21(3)20-9)18-19-15-12-7-5-4-6-11(12)8-13(16(15)22)17(23)24/h4-8,22H,1-3H3,(H,23,24). The van der Waals surface area contributed by atoms with Gasteiger partial charge in [0.25, 0.3) is 0 Å². The minimum atomic E-state index is -1.22. The number of aromatic nitrogens is 2. The number of carboxylic acid groups (broad SMARTS) is 1. The molecule has 0 atom stereocenters. The Kier molecular flexibility index (Phi) is 3.76. The van der Waals surface area contributed by atoms with Crippen molar-refractivity contribution < 1.29 is 15.0 Å². The van der Waals surface area contributed by atoms with Crippen molar-refractivity contribution in [3.63, 3.8) is 0 Å². The van der Waals surface area contributed by atoms with Gasteiger partial charge in [-0.3, -0.25) is 4.68 Å². The van der Waals surface area contributed by atoms with Gasteiger partial charge in [0.2, 0.25) is 0 Å². The lowest BCUT2D eigenvalue weighted by atomic mass is 10.0. The number of azo groups is 1. The lowest BCUT2D eigenvalue weighted by molar-refractivity contribution is 0.0694.